The number of benzene rings is 1. The number of nitrogens with one attached hydrogen (secondary N) is 1. The predicted molar refractivity (Wildman–Crippen MR) is 76.5 cm³/mol. The molecule has 2 aromatic rings. The topological polar surface area (TPSA) is 24.9 Å². The molecule has 1 heterocycles. The van der Waals surface area contributed by atoms with E-state index in [0.717, 1.165) is 28.9 Å². The van der Waals surface area contributed by atoms with Crippen molar-refractivity contribution in [2.45, 2.75) is 26.8 Å². The molecule has 1 unspecified atom stereocenters. The molecular formula is C16H19FN2. The molecule has 0 amide bonds. The first-order valence-electron chi connectivity index (χ1n) is 6.57. The SMILES string of the molecule is CCNC(C)c1ccc(F)cc1-c1ccc(C)nc1. The highest BCUT2D eigenvalue weighted by Crippen LogP contribution is 2.28. The van der Waals surface area contributed by atoms with Crippen molar-refractivity contribution >= 4 is 0 Å². The second-order valence-corrected chi connectivity index (χ2v) is 4.70. The maximum absolute atomic E-state index is 13.5. The summed E-state index contributed by atoms with van der Waals surface area (Å²) in [4.78, 5) is 4.29. The number of hydrogen-bond acceptors (Lipinski definition) is 2. The molecule has 0 saturated heterocycles. The number of nitrogens with zero attached hydrogens (tertiary/aromatic N) is 1. The van der Waals surface area contributed by atoms with Crippen molar-refractivity contribution in [1.29, 1.82) is 0 Å². The maximum Gasteiger partial charge on any atom is 0.123 e. The monoisotopic (exact) mass is 258 g/mol. The Kier molecular flexibility index (Phi) is 4.27. The van der Waals surface area contributed by atoms with Crippen molar-refractivity contribution in [3.8, 4) is 11.1 Å². The molecule has 0 aliphatic heterocycles. The number of aromatic nitrogens is 1. The second-order valence-electron chi connectivity index (χ2n) is 4.70. The fourth-order valence-electron chi connectivity index (χ4n) is 2.20. The second kappa shape index (κ2) is 5.93. The number of pyridine rings is 1. The van der Waals surface area contributed by atoms with E-state index in [1.165, 1.54) is 6.07 Å². The van der Waals surface area contributed by atoms with Gasteiger partial charge in [-0.2, -0.15) is 0 Å². The molecule has 100 valence electrons. The van der Waals surface area contributed by atoms with Crippen molar-refractivity contribution in [3.05, 3.63) is 53.6 Å². The highest BCUT2D eigenvalue weighted by molar-refractivity contribution is 5.67. The van der Waals surface area contributed by atoms with Gasteiger partial charge in [-0.05, 0) is 49.7 Å². The lowest BCUT2D eigenvalue weighted by Crippen LogP contribution is -2.18. The quantitative estimate of drug-likeness (QED) is 0.900. The van der Waals surface area contributed by atoms with Crippen LogP contribution in [0.2, 0.25) is 0 Å². The highest BCUT2D eigenvalue weighted by atomic mass is 19.1. The third-order valence-corrected chi connectivity index (χ3v) is 3.21. The molecule has 1 N–H and O–H groups in total. The zero-order chi connectivity index (χ0) is 13.8. The van der Waals surface area contributed by atoms with Gasteiger partial charge in [0, 0.05) is 23.5 Å². The Morgan fingerprint density at radius 3 is 2.68 bits per heavy atom. The number of rotatable bonds is 4. The van der Waals surface area contributed by atoms with Crippen LogP contribution in [0.1, 0.15) is 31.1 Å². The lowest BCUT2D eigenvalue weighted by atomic mass is 9.96. The molecule has 0 radical (unpaired) electrons. The first-order valence-corrected chi connectivity index (χ1v) is 6.57. The molecule has 2 nitrogen and oxygen atoms in total. The van der Waals surface area contributed by atoms with E-state index in [1.807, 2.05) is 25.1 Å². The summed E-state index contributed by atoms with van der Waals surface area (Å²) in [5, 5.41) is 3.36. The molecular weight excluding hydrogens is 239 g/mol. The maximum atomic E-state index is 13.5. The van der Waals surface area contributed by atoms with E-state index in [2.05, 4.69) is 24.1 Å². The highest BCUT2D eigenvalue weighted by Gasteiger charge is 2.12. The molecule has 0 spiro atoms. The van der Waals surface area contributed by atoms with E-state index in [9.17, 15) is 4.39 Å². The van der Waals surface area contributed by atoms with Crippen molar-refractivity contribution in [2.75, 3.05) is 6.54 Å². The van der Waals surface area contributed by atoms with Crippen LogP contribution in [-0.4, -0.2) is 11.5 Å². The van der Waals surface area contributed by atoms with Gasteiger partial charge in [0.25, 0.3) is 0 Å². The van der Waals surface area contributed by atoms with Gasteiger partial charge in [0.15, 0.2) is 0 Å². The Labute approximate surface area is 113 Å². The van der Waals surface area contributed by atoms with Crippen LogP contribution >= 0.6 is 0 Å². The van der Waals surface area contributed by atoms with Crippen LogP contribution in [0, 0.1) is 12.7 Å². The summed E-state index contributed by atoms with van der Waals surface area (Å²) in [6.45, 7) is 6.97. The van der Waals surface area contributed by atoms with Gasteiger partial charge in [-0.25, -0.2) is 4.39 Å². The van der Waals surface area contributed by atoms with Gasteiger partial charge in [-0.3, -0.25) is 4.98 Å². The van der Waals surface area contributed by atoms with E-state index in [-0.39, 0.29) is 11.9 Å². The Bertz CT molecular complexity index is 549. The summed E-state index contributed by atoms with van der Waals surface area (Å²) in [6, 6.07) is 9.05. The van der Waals surface area contributed by atoms with E-state index in [0.29, 0.717) is 0 Å². The summed E-state index contributed by atoms with van der Waals surface area (Å²) in [7, 11) is 0. The van der Waals surface area contributed by atoms with Crippen molar-refractivity contribution in [1.82, 2.24) is 10.3 Å². The van der Waals surface area contributed by atoms with E-state index in [1.54, 1.807) is 12.3 Å². The van der Waals surface area contributed by atoms with Crippen molar-refractivity contribution in [3.63, 3.8) is 0 Å². The van der Waals surface area contributed by atoms with Gasteiger partial charge in [-0.1, -0.05) is 19.1 Å². The van der Waals surface area contributed by atoms with Gasteiger partial charge < -0.3 is 5.32 Å². The van der Waals surface area contributed by atoms with Crippen LogP contribution in [0.3, 0.4) is 0 Å². The van der Waals surface area contributed by atoms with Gasteiger partial charge in [-0.15, -0.1) is 0 Å². The average Bonchev–Trinajstić information content (AvgIpc) is 2.39. The number of aryl methyl sites for hydroxylation is 1. The smallest absolute Gasteiger partial charge is 0.123 e. The average molecular weight is 258 g/mol. The van der Waals surface area contributed by atoms with Gasteiger partial charge in [0.05, 0.1) is 0 Å². The molecule has 1 atom stereocenters. The minimum absolute atomic E-state index is 0.182. The molecule has 0 fully saturated rings. The summed E-state index contributed by atoms with van der Waals surface area (Å²) >= 11 is 0. The standard InChI is InChI=1S/C16H19FN2/c1-4-18-12(3)15-8-7-14(17)9-16(15)13-6-5-11(2)19-10-13/h5-10,12,18H,4H2,1-3H3. The molecule has 1 aromatic carbocycles. The zero-order valence-electron chi connectivity index (χ0n) is 11.6. The molecule has 0 bridgehead atoms. The number of hydrogen-bond donors (Lipinski definition) is 1. The molecule has 19 heavy (non-hydrogen) atoms. The Hall–Kier alpha value is -1.74. The zero-order valence-corrected chi connectivity index (χ0v) is 11.6. The lowest BCUT2D eigenvalue weighted by Gasteiger charge is -2.17. The fourth-order valence-corrected chi connectivity index (χ4v) is 2.20. The summed E-state index contributed by atoms with van der Waals surface area (Å²) < 4.78 is 13.5. The number of halogens is 1. The van der Waals surface area contributed by atoms with Crippen LogP contribution in [0.25, 0.3) is 11.1 Å². The fraction of sp³-hybridized carbons (Fsp3) is 0.312. The van der Waals surface area contributed by atoms with E-state index < -0.39 is 0 Å². The summed E-state index contributed by atoms with van der Waals surface area (Å²) in [6.07, 6.45) is 1.80. The third-order valence-electron chi connectivity index (χ3n) is 3.21. The first-order chi connectivity index (χ1) is 9.11. The minimum atomic E-state index is -0.219. The minimum Gasteiger partial charge on any atom is -0.310 e. The molecule has 0 saturated carbocycles. The van der Waals surface area contributed by atoms with Crippen LogP contribution < -0.4 is 5.32 Å². The molecule has 3 heteroatoms. The van der Waals surface area contributed by atoms with Crippen molar-refractivity contribution < 1.29 is 4.39 Å². The summed E-state index contributed by atoms with van der Waals surface area (Å²) in [5.74, 6) is -0.219. The van der Waals surface area contributed by atoms with Crippen LogP contribution in [0.5, 0.6) is 0 Å². The first kappa shape index (κ1) is 13.7. The van der Waals surface area contributed by atoms with E-state index >= 15 is 0 Å². The normalized spacial score (nSPS) is 12.4. The van der Waals surface area contributed by atoms with Crippen molar-refractivity contribution in [2.24, 2.45) is 0 Å². The lowest BCUT2D eigenvalue weighted by molar-refractivity contribution is 0.593. The summed E-state index contributed by atoms with van der Waals surface area (Å²) in [5.41, 5.74) is 3.90. The predicted octanol–water partition coefficient (Wildman–Crippen LogP) is 3.87. The molecule has 1 aromatic heterocycles. The Morgan fingerprint density at radius 1 is 1.26 bits per heavy atom. The third kappa shape index (κ3) is 3.18. The van der Waals surface area contributed by atoms with Gasteiger partial charge in [0.1, 0.15) is 5.82 Å². The largest absolute Gasteiger partial charge is 0.310 e. The Balaban J connectivity index is 2.48. The van der Waals surface area contributed by atoms with Crippen LogP contribution in [0.15, 0.2) is 36.5 Å². The van der Waals surface area contributed by atoms with E-state index in [4.69, 9.17) is 0 Å². The molecule has 2 rings (SSSR count). The van der Waals surface area contributed by atoms with Crippen LogP contribution in [-0.2, 0) is 0 Å². The molecule has 0 aliphatic rings. The Morgan fingerprint density at radius 2 is 2.05 bits per heavy atom. The van der Waals surface area contributed by atoms with Crippen LogP contribution in [0.4, 0.5) is 4.39 Å². The molecule has 0 aliphatic carbocycles. The van der Waals surface area contributed by atoms with Gasteiger partial charge in [0.2, 0.25) is 0 Å². The van der Waals surface area contributed by atoms with Gasteiger partial charge >= 0.3 is 0 Å².